The van der Waals surface area contributed by atoms with Crippen LogP contribution in [0.5, 0.6) is 0 Å². The highest BCUT2D eigenvalue weighted by molar-refractivity contribution is 6.30. The summed E-state index contributed by atoms with van der Waals surface area (Å²) in [6, 6.07) is 6.04. The zero-order valence-corrected chi connectivity index (χ0v) is 15.7. The fraction of sp³-hybridized carbons (Fsp3) is 0.368. The molecule has 6 nitrogen and oxygen atoms in total. The lowest BCUT2D eigenvalue weighted by Gasteiger charge is -2.21. The summed E-state index contributed by atoms with van der Waals surface area (Å²) in [5, 5.41) is -0.00323. The van der Waals surface area contributed by atoms with Crippen LogP contribution in [0.1, 0.15) is 21.7 Å². The predicted octanol–water partition coefficient (Wildman–Crippen LogP) is 3.03. The van der Waals surface area contributed by atoms with Crippen molar-refractivity contribution in [3.05, 3.63) is 52.1 Å². The molecule has 3 rings (SSSR count). The average molecular weight is 396 g/mol. The lowest BCUT2D eigenvalue weighted by molar-refractivity contribution is -0.169. The highest BCUT2D eigenvalue weighted by Crippen LogP contribution is 2.25. The van der Waals surface area contributed by atoms with Gasteiger partial charge in [-0.15, -0.1) is 0 Å². The summed E-state index contributed by atoms with van der Waals surface area (Å²) in [6.45, 7) is 4.05. The molecule has 144 valence electrons. The smallest absolute Gasteiger partial charge is 0.338 e. The maximum Gasteiger partial charge on any atom is 0.338 e. The van der Waals surface area contributed by atoms with E-state index in [0.29, 0.717) is 30.2 Å². The Morgan fingerprint density at radius 1 is 1.30 bits per heavy atom. The topological polar surface area (TPSA) is 66.8 Å². The van der Waals surface area contributed by atoms with Gasteiger partial charge in [0.05, 0.1) is 24.8 Å². The first-order chi connectivity index (χ1) is 12.9. The Labute approximate surface area is 160 Å². The minimum atomic E-state index is -0.805. The van der Waals surface area contributed by atoms with Gasteiger partial charge < -0.3 is 18.8 Å². The van der Waals surface area contributed by atoms with Crippen LogP contribution in [0.4, 0.5) is 4.39 Å². The summed E-state index contributed by atoms with van der Waals surface area (Å²) in [7, 11) is 0. The molecule has 0 spiro atoms. The molecule has 1 aliphatic rings. The van der Waals surface area contributed by atoms with Crippen LogP contribution in [0.3, 0.4) is 0 Å². The van der Waals surface area contributed by atoms with Gasteiger partial charge in [-0.05, 0) is 38.1 Å². The number of hydrogen-bond donors (Lipinski definition) is 0. The first-order valence-corrected chi connectivity index (χ1v) is 8.80. The molecular weight excluding hydrogens is 377 g/mol. The molecule has 1 saturated heterocycles. The van der Waals surface area contributed by atoms with Gasteiger partial charge in [-0.2, -0.15) is 0 Å². The number of Topliss-reactive ketones (excluding diaryl/α,β-unsaturated/α-hetero) is 1. The van der Waals surface area contributed by atoms with E-state index >= 15 is 0 Å². The molecule has 0 unspecified atom stereocenters. The first kappa shape index (κ1) is 19.5. The quantitative estimate of drug-likeness (QED) is 0.575. The van der Waals surface area contributed by atoms with Gasteiger partial charge >= 0.3 is 5.97 Å². The van der Waals surface area contributed by atoms with Crippen LogP contribution in [-0.4, -0.2) is 48.9 Å². The predicted molar refractivity (Wildman–Crippen MR) is 96.1 cm³/mol. The average Bonchev–Trinajstić information content (AvgIpc) is 2.97. The highest BCUT2D eigenvalue weighted by atomic mass is 35.5. The largest absolute Gasteiger partial charge is 0.455 e. The van der Waals surface area contributed by atoms with Gasteiger partial charge in [-0.1, -0.05) is 11.6 Å². The molecule has 1 atom stereocenters. The minimum absolute atomic E-state index is 0.00323. The number of nitrogens with zero attached hydrogens (tertiary/aromatic N) is 1. The zero-order valence-electron chi connectivity index (χ0n) is 15.0. The van der Waals surface area contributed by atoms with E-state index in [2.05, 4.69) is 0 Å². The van der Waals surface area contributed by atoms with E-state index < -0.39 is 24.5 Å². The molecule has 2 aromatic rings. The van der Waals surface area contributed by atoms with Crippen molar-refractivity contribution in [1.29, 1.82) is 0 Å². The molecule has 1 aromatic carbocycles. The molecule has 1 aliphatic heterocycles. The lowest BCUT2D eigenvalue weighted by Crippen LogP contribution is -2.37. The van der Waals surface area contributed by atoms with Crippen molar-refractivity contribution < 1.29 is 28.2 Å². The fourth-order valence-corrected chi connectivity index (χ4v) is 3.17. The number of benzene rings is 1. The second-order valence-electron chi connectivity index (χ2n) is 6.18. The molecule has 0 N–H and O–H groups in total. The molecule has 8 heteroatoms. The third-order valence-corrected chi connectivity index (χ3v) is 4.61. The number of ether oxygens (including phenoxy) is 3. The first-order valence-electron chi connectivity index (χ1n) is 8.42. The molecule has 27 heavy (non-hydrogen) atoms. The Kier molecular flexibility index (Phi) is 5.94. The lowest BCUT2D eigenvalue weighted by atomic mass is 10.1. The van der Waals surface area contributed by atoms with Gasteiger partial charge in [0.2, 0.25) is 5.78 Å². The van der Waals surface area contributed by atoms with Gasteiger partial charge in [0.25, 0.3) is 0 Å². The Morgan fingerprint density at radius 3 is 2.74 bits per heavy atom. The molecule has 0 saturated carbocycles. The van der Waals surface area contributed by atoms with Crippen molar-refractivity contribution in [2.45, 2.75) is 20.0 Å². The summed E-state index contributed by atoms with van der Waals surface area (Å²) in [5.41, 5.74) is 2.48. The maximum absolute atomic E-state index is 13.4. The summed E-state index contributed by atoms with van der Waals surface area (Å²) in [4.78, 5) is 24.5. The Bertz CT molecular complexity index is 873. The molecular formula is C19H19ClFNO5. The molecule has 0 radical (unpaired) electrons. The maximum atomic E-state index is 13.4. The van der Waals surface area contributed by atoms with E-state index in [0.717, 1.165) is 5.69 Å². The number of ketones is 1. The molecule has 1 fully saturated rings. The number of hydrogen-bond acceptors (Lipinski definition) is 5. The van der Waals surface area contributed by atoms with Crippen LogP contribution in [-0.2, 0) is 19.0 Å². The summed E-state index contributed by atoms with van der Waals surface area (Å²) >= 11 is 5.86. The second-order valence-corrected chi connectivity index (χ2v) is 6.59. The summed E-state index contributed by atoms with van der Waals surface area (Å²) in [5.74, 6) is -1.48. The normalized spacial score (nSPS) is 17.0. The van der Waals surface area contributed by atoms with Gasteiger partial charge in [0, 0.05) is 22.6 Å². The third kappa shape index (κ3) is 4.21. The van der Waals surface area contributed by atoms with Crippen LogP contribution in [0.2, 0.25) is 5.02 Å². The Hall–Kier alpha value is -2.22. The van der Waals surface area contributed by atoms with Gasteiger partial charge in [0.15, 0.2) is 12.7 Å². The number of carbonyl (C=O) groups is 2. The van der Waals surface area contributed by atoms with E-state index in [1.54, 1.807) is 23.6 Å². The molecule has 1 aromatic heterocycles. The molecule has 0 bridgehead atoms. The van der Waals surface area contributed by atoms with Crippen molar-refractivity contribution in [3.63, 3.8) is 0 Å². The number of aryl methyl sites for hydroxylation is 1. The number of aromatic nitrogens is 1. The van der Waals surface area contributed by atoms with Crippen LogP contribution in [0, 0.1) is 19.7 Å². The number of carbonyl (C=O) groups excluding carboxylic acids is 2. The van der Waals surface area contributed by atoms with E-state index in [1.165, 1.54) is 12.1 Å². The van der Waals surface area contributed by atoms with E-state index in [9.17, 15) is 14.0 Å². The fourth-order valence-electron chi connectivity index (χ4n) is 3.00. The minimum Gasteiger partial charge on any atom is -0.455 e. The van der Waals surface area contributed by atoms with Crippen LogP contribution in [0.15, 0.2) is 24.3 Å². The Balaban J connectivity index is 1.74. The van der Waals surface area contributed by atoms with Gasteiger partial charge in [0.1, 0.15) is 5.82 Å². The monoisotopic (exact) mass is 395 g/mol. The van der Waals surface area contributed by atoms with Crippen molar-refractivity contribution in [2.75, 3.05) is 26.4 Å². The van der Waals surface area contributed by atoms with Crippen molar-refractivity contribution in [2.24, 2.45) is 0 Å². The molecule has 0 aliphatic carbocycles. The highest BCUT2D eigenvalue weighted by Gasteiger charge is 2.26. The third-order valence-electron chi connectivity index (χ3n) is 4.32. The van der Waals surface area contributed by atoms with Crippen molar-refractivity contribution in [1.82, 2.24) is 4.57 Å². The SMILES string of the molecule is Cc1cc(C(=O)COC(=O)[C@H]2COCCO2)c(C)n1-c1ccc(F)c(Cl)c1. The van der Waals surface area contributed by atoms with Crippen molar-refractivity contribution in [3.8, 4) is 5.69 Å². The molecule has 2 heterocycles. The Morgan fingerprint density at radius 2 is 2.07 bits per heavy atom. The standard InChI is InChI=1S/C19H19ClFNO5/c1-11-7-14(12(2)22(11)13-3-4-16(21)15(20)8-13)17(23)9-27-19(24)18-10-25-5-6-26-18/h3-4,7-8,18H,5-6,9-10H2,1-2H3/t18-/m1/s1. The summed E-state index contributed by atoms with van der Waals surface area (Å²) in [6.07, 6.45) is -0.805. The van der Waals surface area contributed by atoms with E-state index in [-0.39, 0.29) is 17.4 Å². The van der Waals surface area contributed by atoms with E-state index in [1.807, 2.05) is 6.92 Å². The van der Waals surface area contributed by atoms with Crippen LogP contribution < -0.4 is 0 Å². The number of rotatable bonds is 5. The van der Waals surface area contributed by atoms with Gasteiger partial charge in [-0.25, -0.2) is 9.18 Å². The number of halogens is 2. The molecule has 0 amide bonds. The van der Waals surface area contributed by atoms with Crippen LogP contribution in [0.25, 0.3) is 5.69 Å². The second kappa shape index (κ2) is 8.21. The number of esters is 1. The van der Waals surface area contributed by atoms with Crippen LogP contribution >= 0.6 is 11.6 Å². The zero-order chi connectivity index (χ0) is 19.6. The van der Waals surface area contributed by atoms with Gasteiger partial charge in [-0.3, -0.25) is 4.79 Å². The van der Waals surface area contributed by atoms with E-state index in [4.69, 9.17) is 25.8 Å². The summed E-state index contributed by atoms with van der Waals surface area (Å²) < 4.78 is 30.7. The van der Waals surface area contributed by atoms with Crippen molar-refractivity contribution >= 4 is 23.4 Å².